The van der Waals surface area contributed by atoms with Crippen LogP contribution in [0.5, 0.6) is 11.5 Å². The fourth-order valence-corrected chi connectivity index (χ4v) is 3.86. The van der Waals surface area contributed by atoms with Crippen molar-refractivity contribution in [2.24, 2.45) is 0 Å². The highest BCUT2D eigenvalue weighted by Gasteiger charge is 2.44. The maximum Gasteiger partial charge on any atom is 0.341 e. The Labute approximate surface area is 164 Å². The molecule has 2 aromatic carbocycles. The van der Waals surface area contributed by atoms with Gasteiger partial charge in [0.05, 0.1) is 12.5 Å². The van der Waals surface area contributed by atoms with Crippen LogP contribution in [0.3, 0.4) is 0 Å². The van der Waals surface area contributed by atoms with Gasteiger partial charge in [-0.1, -0.05) is 25.0 Å². The van der Waals surface area contributed by atoms with Crippen LogP contribution >= 0.6 is 0 Å². The summed E-state index contributed by atoms with van der Waals surface area (Å²) in [6.07, 6.45) is 3.69. The molecule has 0 atom stereocenters. The number of hydrogen-bond acceptors (Lipinski definition) is 4. The topological polar surface area (TPSA) is 76.1 Å². The highest BCUT2D eigenvalue weighted by Crippen LogP contribution is 2.43. The van der Waals surface area contributed by atoms with Gasteiger partial charge >= 0.3 is 5.97 Å². The molecule has 6 heteroatoms. The normalized spacial score (nSPS) is 15.1. The highest BCUT2D eigenvalue weighted by molar-refractivity contribution is 6.01. The second kappa shape index (κ2) is 8.33. The Kier molecular flexibility index (Phi) is 5.87. The maximum atomic E-state index is 13.5. The van der Waals surface area contributed by atoms with Crippen molar-refractivity contribution in [1.82, 2.24) is 0 Å². The molecule has 148 valence electrons. The van der Waals surface area contributed by atoms with Crippen LogP contribution in [-0.4, -0.2) is 37.7 Å². The monoisotopic (exact) mass is 383 g/mol. The number of ether oxygens (including phenoxy) is 2. The largest absolute Gasteiger partial charge is 0.497 e. The molecule has 1 N–H and O–H groups in total. The number of methoxy groups -OCH3 is 1. The number of nitrogens with zero attached hydrogens (tertiary/aromatic N) is 1. The van der Waals surface area contributed by atoms with Gasteiger partial charge in [0.1, 0.15) is 11.5 Å². The third-order valence-electron chi connectivity index (χ3n) is 5.40. The third-order valence-corrected chi connectivity index (χ3v) is 5.40. The predicted octanol–water partition coefficient (Wildman–Crippen LogP) is 3.63. The SMILES string of the molecule is COc1ccc(C2(C(=O)N(C)c3ccc(OCC(=O)O)cc3)CCCC2)cc1. The molecule has 0 heterocycles. The molecule has 0 radical (unpaired) electrons. The third kappa shape index (κ3) is 3.96. The first-order chi connectivity index (χ1) is 13.5. The van der Waals surface area contributed by atoms with Gasteiger partial charge in [-0.15, -0.1) is 0 Å². The van der Waals surface area contributed by atoms with E-state index in [1.165, 1.54) is 0 Å². The van der Waals surface area contributed by atoms with Crippen molar-refractivity contribution in [2.75, 3.05) is 25.7 Å². The number of amides is 1. The number of anilines is 1. The van der Waals surface area contributed by atoms with E-state index >= 15 is 0 Å². The molecule has 1 aliphatic rings. The van der Waals surface area contributed by atoms with Gasteiger partial charge in [-0.05, 0) is 54.8 Å². The second-order valence-electron chi connectivity index (χ2n) is 7.06. The number of benzene rings is 2. The summed E-state index contributed by atoms with van der Waals surface area (Å²) < 4.78 is 10.4. The zero-order valence-corrected chi connectivity index (χ0v) is 16.2. The fraction of sp³-hybridized carbons (Fsp3) is 0.364. The van der Waals surface area contributed by atoms with E-state index in [0.717, 1.165) is 42.7 Å². The first kappa shape index (κ1) is 19.7. The van der Waals surface area contributed by atoms with Gasteiger partial charge in [-0.25, -0.2) is 4.79 Å². The fourth-order valence-electron chi connectivity index (χ4n) is 3.86. The molecule has 1 fully saturated rings. The smallest absolute Gasteiger partial charge is 0.341 e. The number of carboxylic acids is 1. The van der Waals surface area contributed by atoms with Crippen LogP contribution in [0, 0.1) is 0 Å². The van der Waals surface area contributed by atoms with Crippen molar-refractivity contribution in [3.8, 4) is 11.5 Å². The molecule has 0 saturated heterocycles. The summed E-state index contributed by atoms with van der Waals surface area (Å²) in [5, 5.41) is 8.70. The average Bonchev–Trinajstić information content (AvgIpc) is 3.22. The summed E-state index contributed by atoms with van der Waals surface area (Å²) in [6.45, 7) is -0.394. The number of aliphatic carboxylic acids is 1. The molecule has 0 aliphatic heterocycles. The van der Waals surface area contributed by atoms with Crippen LogP contribution in [0.25, 0.3) is 0 Å². The molecule has 0 unspecified atom stereocenters. The number of carbonyl (C=O) groups is 2. The van der Waals surface area contributed by atoms with Crippen LogP contribution in [0.4, 0.5) is 5.69 Å². The van der Waals surface area contributed by atoms with Gasteiger partial charge in [0.15, 0.2) is 6.61 Å². The summed E-state index contributed by atoms with van der Waals surface area (Å²) in [7, 11) is 3.40. The molecule has 3 rings (SSSR count). The molecule has 6 nitrogen and oxygen atoms in total. The lowest BCUT2D eigenvalue weighted by Gasteiger charge is -2.33. The van der Waals surface area contributed by atoms with E-state index in [1.807, 2.05) is 24.3 Å². The van der Waals surface area contributed by atoms with Crippen molar-refractivity contribution in [1.29, 1.82) is 0 Å². The highest BCUT2D eigenvalue weighted by atomic mass is 16.5. The quantitative estimate of drug-likeness (QED) is 0.790. The lowest BCUT2D eigenvalue weighted by Crippen LogP contribution is -2.43. The zero-order valence-electron chi connectivity index (χ0n) is 16.2. The summed E-state index contributed by atoms with van der Waals surface area (Å²) in [6, 6.07) is 14.7. The molecular weight excluding hydrogens is 358 g/mol. The van der Waals surface area contributed by atoms with E-state index in [0.29, 0.717) is 5.75 Å². The molecule has 2 aromatic rings. The van der Waals surface area contributed by atoms with Crippen molar-refractivity contribution in [3.05, 3.63) is 54.1 Å². The van der Waals surface area contributed by atoms with Crippen LogP contribution in [0.1, 0.15) is 31.2 Å². The van der Waals surface area contributed by atoms with E-state index in [-0.39, 0.29) is 5.91 Å². The average molecular weight is 383 g/mol. The van der Waals surface area contributed by atoms with Crippen LogP contribution in [0.15, 0.2) is 48.5 Å². The van der Waals surface area contributed by atoms with E-state index in [4.69, 9.17) is 14.6 Å². The van der Waals surface area contributed by atoms with E-state index < -0.39 is 18.0 Å². The van der Waals surface area contributed by atoms with Gasteiger partial charge in [-0.2, -0.15) is 0 Å². The number of carbonyl (C=O) groups excluding carboxylic acids is 1. The lowest BCUT2D eigenvalue weighted by atomic mass is 9.77. The summed E-state index contributed by atoms with van der Waals surface area (Å²) >= 11 is 0. The first-order valence-electron chi connectivity index (χ1n) is 9.33. The Morgan fingerprint density at radius 3 is 2.11 bits per heavy atom. The summed E-state index contributed by atoms with van der Waals surface area (Å²) in [4.78, 5) is 25.8. The van der Waals surface area contributed by atoms with Crippen LogP contribution < -0.4 is 14.4 Å². The van der Waals surface area contributed by atoms with E-state index in [1.54, 1.807) is 43.3 Å². The van der Waals surface area contributed by atoms with E-state index in [9.17, 15) is 9.59 Å². The van der Waals surface area contributed by atoms with Gasteiger partial charge in [0.25, 0.3) is 0 Å². The van der Waals surface area contributed by atoms with Crippen molar-refractivity contribution in [3.63, 3.8) is 0 Å². The number of rotatable bonds is 7. The van der Waals surface area contributed by atoms with Gasteiger partial charge in [-0.3, -0.25) is 4.79 Å². The van der Waals surface area contributed by atoms with Crippen LogP contribution in [0.2, 0.25) is 0 Å². The molecule has 1 aliphatic carbocycles. The summed E-state index contributed by atoms with van der Waals surface area (Å²) in [5.41, 5.74) is 1.23. The van der Waals surface area contributed by atoms with Crippen molar-refractivity contribution >= 4 is 17.6 Å². The Morgan fingerprint density at radius 2 is 1.57 bits per heavy atom. The minimum Gasteiger partial charge on any atom is -0.497 e. The molecule has 0 bridgehead atoms. The van der Waals surface area contributed by atoms with Gasteiger partial charge in [0.2, 0.25) is 5.91 Å². The van der Waals surface area contributed by atoms with Crippen LogP contribution in [-0.2, 0) is 15.0 Å². The Balaban J connectivity index is 1.81. The molecule has 1 amide bonds. The Morgan fingerprint density at radius 1 is 1.00 bits per heavy atom. The van der Waals surface area contributed by atoms with Crippen molar-refractivity contribution < 1.29 is 24.2 Å². The molecule has 0 aromatic heterocycles. The summed E-state index contributed by atoms with van der Waals surface area (Å²) in [5.74, 6) is 0.265. The Hall–Kier alpha value is -3.02. The van der Waals surface area contributed by atoms with Gasteiger partial charge < -0.3 is 19.5 Å². The molecule has 28 heavy (non-hydrogen) atoms. The molecule has 0 spiro atoms. The van der Waals surface area contributed by atoms with Crippen molar-refractivity contribution in [2.45, 2.75) is 31.1 Å². The second-order valence-corrected chi connectivity index (χ2v) is 7.06. The zero-order chi connectivity index (χ0) is 20.1. The van der Waals surface area contributed by atoms with E-state index in [2.05, 4.69) is 0 Å². The number of likely N-dealkylation sites (N-methyl/N-ethyl adjacent to an activating group) is 1. The Bertz CT molecular complexity index is 823. The molecular formula is C22H25NO5. The standard InChI is InChI=1S/C22H25NO5/c1-23(17-7-11-19(12-8-17)28-15-20(24)25)21(26)22(13-3-4-14-22)16-5-9-18(27-2)10-6-16/h5-12H,3-4,13-15H2,1-2H3,(H,24,25). The predicted molar refractivity (Wildman–Crippen MR) is 106 cm³/mol. The molecule has 1 saturated carbocycles. The number of carboxylic acid groups (broad SMARTS) is 1. The lowest BCUT2D eigenvalue weighted by molar-refractivity contribution is -0.139. The number of hydrogen-bond donors (Lipinski definition) is 1. The maximum absolute atomic E-state index is 13.5. The van der Waals surface area contributed by atoms with Gasteiger partial charge in [0, 0.05) is 12.7 Å². The first-order valence-corrected chi connectivity index (χ1v) is 9.33. The minimum atomic E-state index is -1.03. The minimum absolute atomic E-state index is 0.0642.